The SMILES string of the molecule is CC(=O)O[C@@H]1[C@H](F)[C@@H](COC(=O)c2ccc(C)cc2)O[C@H]1n1cc([N+](=O)[O-])ccc1=O. The molecule has 1 aliphatic rings. The van der Waals surface area contributed by atoms with Gasteiger partial charge in [0.05, 0.1) is 16.7 Å². The fourth-order valence-corrected chi connectivity index (χ4v) is 3.10. The molecule has 0 unspecified atom stereocenters. The molecule has 1 aliphatic heterocycles. The lowest BCUT2D eigenvalue weighted by Crippen LogP contribution is -2.36. The van der Waals surface area contributed by atoms with E-state index in [2.05, 4.69) is 0 Å². The highest BCUT2D eigenvalue weighted by Gasteiger charge is 2.49. The fraction of sp³-hybridized carbons (Fsp3) is 0.350. The first-order valence-corrected chi connectivity index (χ1v) is 9.24. The Balaban J connectivity index is 1.81. The van der Waals surface area contributed by atoms with E-state index in [1.54, 1.807) is 24.3 Å². The minimum Gasteiger partial charge on any atom is -0.459 e. The number of aryl methyl sites for hydroxylation is 1. The highest BCUT2D eigenvalue weighted by atomic mass is 19.1. The zero-order chi connectivity index (χ0) is 22.7. The quantitative estimate of drug-likeness (QED) is 0.384. The molecule has 3 rings (SSSR count). The van der Waals surface area contributed by atoms with Crippen molar-refractivity contribution in [2.24, 2.45) is 0 Å². The largest absolute Gasteiger partial charge is 0.459 e. The lowest BCUT2D eigenvalue weighted by molar-refractivity contribution is -0.385. The van der Waals surface area contributed by atoms with Gasteiger partial charge in [-0.2, -0.15) is 0 Å². The van der Waals surface area contributed by atoms with Gasteiger partial charge in [-0.3, -0.25) is 24.3 Å². The molecule has 10 nitrogen and oxygen atoms in total. The summed E-state index contributed by atoms with van der Waals surface area (Å²) in [5.41, 5.74) is 0.0302. The summed E-state index contributed by atoms with van der Waals surface area (Å²) < 4.78 is 31.4. The average molecular weight is 434 g/mol. The predicted octanol–water partition coefficient (Wildman–Crippen LogP) is 2.09. The van der Waals surface area contributed by atoms with Gasteiger partial charge in [0.15, 0.2) is 18.5 Å². The number of alkyl halides is 1. The van der Waals surface area contributed by atoms with Gasteiger partial charge < -0.3 is 14.2 Å². The maximum absolute atomic E-state index is 15.0. The number of rotatable bonds is 6. The van der Waals surface area contributed by atoms with Crippen LogP contribution in [0.15, 0.2) is 47.4 Å². The molecule has 164 valence electrons. The van der Waals surface area contributed by atoms with Gasteiger partial charge in [-0.25, -0.2) is 9.18 Å². The Morgan fingerprint density at radius 1 is 1.23 bits per heavy atom. The summed E-state index contributed by atoms with van der Waals surface area (Å²) in [6.45, 7) is 2.37. The van der Waals surface area contributed by atoms with Crippen LogP contribution in [-0.2, 0) is 19.0 Å². The van der Waals surface area contributed by atoms with Crippen molar-refractivity contribution in [1.82, 2.24) is 4.57 Å². The number of pyridine rings is 1. The van der Waals surface area contributed by atoms with E-state index in [0.29, 0.717) is 0 Å². The lowest BCUT2D eigenvalue weighted by atomic mass is 10.1. The third kappa shape index (κ3) is 4.94. The summed E-state index contributed by atoms with van der Waals surface area (Å²) in [6.07, 6.45) is -5.49. The third-order valence-corrected chi connectivity index (χ3v) is 4.64. The molecule has 2 heterocycles. The Bertz CT molecular complexity index is 1050. The first kappa shape index (κ1) is 22.1. The summed E-state index contributed by atoms with van der Waals surface area (Å²) >= 11 is 0. The van der Waals surface area contributed by atoms with Crippen molar-refractivity contribution in [3.8, 4) is 0 Å². The zero-order valence-electron chi connectivity index (χ0n) is 16.6. The van der Waals surface area contributed by atoms with E-state index in [1.165, 1.54) is 0 Å². The molecule has 0 amide bonds. The standard InChI is InChI=1S/C20H19FN2O8/c1-11-3-5-13(6-4-11)20(26)29-10-15-17(21)18(30-12(2)24)19(31-15)22-9-14(23(27)28)7-8-16(22)25/h3-9,15,17-19H,10H2,1-2H3/t15-,17-,18-,19-/m1/s1. The van der Waals surface area contributed by atoms with Crippen molar-refractivity contribution in [3.05, 3.63) is 74.2 Å². The fourth-order valence-electron chi connectivity index (χ4n) is 3.10. The molecule has 1 saturated heterocycles. The summed E-state index contributed by atoms with van der Waals surface area (Å²) in [4.78, 5) is 46.1. The first-order valence-electron chi connectivity index (χ1n) is 9.24. The Hall–Kier alpha value is -3.60. The lowest BCUT2D eigenvalue weighted by Gasteiger charge is -2.20. The van der Waals surface area contributed by atoms with Crippen molar-refractivity contribution in [3.63, 3.8) is 0 Å². The summed E-state index contributed by atoms with van der Waals surface area (Å²) in [5, 5.41) is 11.0. The molecule has 31 heavy (non-hydrogen) atoms. The van der Waals surface area contributed by atoms with Crippen LogP contribution < -0.4 is 5.56 Å². The van der Waals surface area contributed by atoms with E-state index in [0.717, 1.165) is 35.4 Å². The van der Waals surface area contributed by atoms with E-state index in [4.69, 9.17) is 14.2 Å². The molecule has 0 aliphatic carbocycles. The van der Waals surface area contributed by atoms with E-state index < -0.39 is 59.3 Å². The normalized spacial score (nSPS) is 22.7. The topological polar surface area (TPSA) is 127 Å². The third-order valence-electron chi connectivity index (χ3n) is 4.64. The van der Waals surface area contributed by atoms with Crippen LogP contribution >= 0.6 is 0 Å². The van der Waals surface area contributed by atoms with Crippen LogP contribution in [0.25, 0.3) is 0 Å². The number of nitrogens with zero attached hydrogens (tertiary/aromatic N) is 2. The average Bonchev–Trinajstić information content (AvgIpc) is 3.02. The number of hydrogen-bond acceptors (Lipinski definition) is 8. The highest BCUT2D eigenvalue weighted by Crippen LogP contribution is 2.34. The number of nitro groups is 1. The number of carbonyl (C=O) groups is 2. The number of halogens is 1. The van der Waals surface area contributed by atoms with Gasteiger partial charge in [0, 0.05) is 19.1 Å². The summed E-state index contributed by atoms with van der Waals surface area (Å²) in [6, 6.07) is 8.43. The number of ether oxygens (including phenoxy) is 3. The molecular weight excluding hydrogens is 415 g/mol. The second-order valence-electron chi connectivity index (χ2n) is 6.94. The van der Waals surface area contributed by atoms with Gasteiger partial charge >= 0.3 is 11.9 Å². The Morgan fingerprint density at radius 3 is 2.52 bits per heavy atom. The van der Waals surface area contributed by atoms with Crippen molar-refractivity contribution in [2.45, 2.75) is 38.5 Å². The number of hydrogen-bond donors (Lipinski definition) is 0. The minimum atomic E-state index is -1.95. The van der Waals surface area contributed by atoms with Crippen molar-refractivity contribution in [1.29, 1.82) is 0 Å². The monoisotopic (exact) mass is 434 g/mol. The smallest absolute Gasteiger partial charge is 0.338 e. The van der Waals surface area contributed by atoms with Crippen LogP contribution in [0.3, 0.4) is 0 Å². The maximum Gasteiger partial charge on any atom is 0.338 e. The van der Waals surface area contributed by atoms with E-state index >= 15 is 4.39 Å². The van der Waals surface area contributed by atoms with Crippen LogP contribution in [0.5, 0.6) is 0 Å². The van der Waals surface area contributed by atoms with E-state index in [9.17, 15) is 24.5 Å². The van der Waals surface area contributed by atoms with Crippen molar-refractivity contribution >= 4 is 17.6 Å². The van der Waals surface area contributed by atoms with Crippen LogP contribution in [0.4, 0.5) is 10.1 Å². The summed E-state index contributed by atoms with van der Waals surface area (Å²) in [7, 11) is 0. The molecule has 1 aromatic carbocycles. The van der Waals surface area contributed by atoms with Gasteiger partial charge in [-0.05, 0) is 19.1 Å². The Labute approximate surface area is 175 Å². The zero-order valence-corrected chi connectivity index (χ0v) is 16.6. The molecule has 2 aromatic rings. The highest BCUT2D eigenvalue weighted by molar-refractivity contribution is 5.89. The number of benzene rings is 1. The van der Waals surface area contributed by atoms with Gasteiger partial charge in [0.1, 0.15) is 12.7 Å². The molecule has 1 aromatic heterocycles. The van der Waals surface area contributed by atoms with Crippen LogP contribution in [0.2, 0.25) is 0 Å². The van der Waals surface area contributed by atoms with Crippen LogP contribution in [0.1, 0.15) is 29.1 Å². The molecular formula is C20H19FN2O8. The molecule has 0 saturated carbocycles. The Kier molecular flexibility index (Phi) is 6.44. The van der Waals surface area contributed by atoms with Crippen LogP contribution in [0, 0.1) is 17.0 Å². The maximum atomic E-state index is 15.0. The van der Waals surface area contributed by atoms with E-state index in [-0.39, 0.29) is 5.56 Å². The second-order valence-corrected chi connectivity index (χ2v) is 6.94. The predicted molar refractivity (Wildman–Crippen MR) is 103 cm³/mol. The molecule has 0 spiro atoms. The summed E-state index contributed by atoms with van der Waals surface area (Å²) in [5.74, 6) is -1.55. The first-order chi connectivity index (χ1) is 14.7. The van der Waals surface area contributed by atoms with Gasteiger partial charge in [-0.1, -0.05) is 17.7 Å². The second kappa shape index (κ2) is 9.04. The Morgan fingerprint density at radius 2 is 1.90 bits per heavy atom. The van der Waals surface area contributed by atoms with Crippen molar-refractivity contribution < 1.29 is 33.1 Å². The molecule has 1 fully saturated rings. The van der Waals surface area contributed by atoms with E-state index in [1.807, 2.05) is 6.92 Å². The molecule has 4 atom stereocenters. The number of carbonyl (C=O) groups excluding carboxylic acids is 2. The number of esters is 2. The number of aromatic nitrogens is 1. The minimum absolute atomic E-state index is 0.252. The molecule has 0 N–H and O–H groups in total. The molecule has 0 bridgehead atoms. The van der Waals surface area contributed by atoms with Gasteiger partial charge in [0.25, 0.3) is 11.2 Å². The van der Waals surface area contributed by atoms with Crippen molar-refractivity contribution in [2.75, 3.05) is 6.61 Å². The molecule has 11 heteroatoms. The molecule has 0 radical (unpaired) electrons. The van der Waals surface area contributed by atoms with Gasteiger partial charge in [-0.15, -0.1) is 0 Å². The van der Waals surface area contributed by atoms with Crippen LogP contribution in [-0.4, -0.2) is 46.4 Å². The van der Waals surface area contributed by atoms with Gasteiger partial charge in [0.2, 0.25) is 0 Å².